The highest BCUT2D eigenvalue weighted by atomic mass is 32.1. The highest BCUT2D eigenvalue weighted by molar-refractivity contribution is 7.12. The van der Waals surface area contributed by atoms with Crippen LogP contribution in [0.2, 0.25) is 0 Å². The summed E-state index contributed by atoms with van der Waals surface area (Å²) in [6.45, 7) is 4.94. The highest BCUT2D eigenvalue weighted by Gasteiger charge is 2.11. The van der Waals surface area contributed by atoms with E-state index < -0.39 is 0 Å². The fraction of sp³-hybridized carbons (Fsp3) is 0.556. The van der Waals surface area contributed by atoms with Gasteiger partial charge in [-0.15, -0.1) is 11.3 Å². The van der Waals surface area contributed by atoms with Gasteiger partial charge in [0.25, 0.3) is 0 Å². The number of thiophene rings is 1. The maximum absolute atomic E-state index is 5.64. The van der Waals surface area contributed by atoms with E-state index in [0.717, 1.165) is 0 Å². The number of hydrogen-bond acceptors (Lipinski definition) is 3. The van der Waals surface area contributed by atoms with Crippen molar-refractivity contribution in [2.45, 2.75) is 19.9 Å². The Morgan fingerprint density at radius 3 is 2.58 bits per heavy atom. The van der Waals surface area contributed by atoms with E-state index in [0.29, 0.717) is 12.6 Å². The van der Waals surface area contributed by atoms with E-state index in [-0.39, 0.29) is 0 Å². The molecule has 1 aromatic heterocycles. The molecule has 0 radical (unpaired) electrons. The molecule has 0 amide bonds. The number of nitrogens with two attached hydrogens (primary N) is 1. The van der Waals surface area contributed by atoms with Crippen LogP contribution in [0, 0.1) is 13.8 Å². The average molecular weight is 184 g/mol. The first kappa shape index (κ1) is 9.71. The second-order valence-corrected chi connectivity index (χ2v) is 4.41. The third-order valence-corrected chi connectivity index (χ3v) is 3.02. The minimum atomic E-state index is 0.315. The molecule has 12 heavy (non-hydrogen) atoms. The third kappa shape index (κ3) is 1.86. The number of aryl methyl sites for hydroxylation is 2. The number of rotatable bonds is 3. The largest absolute Gasteiger partial charge is 0.329 e. The molecule has 68 valence electrons. The first-order valence-electron chi connectivity index (χ1n) is 4.13. The molecule has 0 aliphatic carbocycles. The maximum Gasteiger partial charge on any atom is 0.0453 e. The van der Waals surface area contributed by atoms with Gasteiger partial charge in [0.05, 0.1) is 0 Å². The van der Waals surface area contributed by atoms with Crippen molar-refractivity contribution >= 4 is 11.3 Å². The molecular weight excluding hydrogens is 168 g/mol. The van der Waals surface area contributed by atoms with Crippen molar-refractivity contribution in [2.24, 2.45) is 5.73 Å². The molecule has 0 saturated heterocycles. The van der Waals surface area contributed by atoms with Gasteiger partial charge in [0.1, 0.15) is 0 Å². The van der Waals surface area contributed by atoms with Crippen LogP contribution in [0.25, 0.3) is 0 Å². The van der Waals surface area contributed by atoms with Gasteiger partial charge in [0, 0.05) is 22.3 Å². The summed E-state index contributed by atoms with van der Waals surface area (Å²) in [6.07, 6.45) is 0. The summed E-state index contributed by atoms with van der Waals surface area (Å²) in [4.78, 5) is 2.73. The number of hydrogen-bond donors (Lipinski definition) is 2. The van der Waals surface area contributed by atoms with Gasteiger partial charge in [-0.3, -0.25) is 0 Å². The van der Waals surface area contributed by atoms with Gasteiger partial charge >= 0.3 is 0 Å². The molecule has 1 atom stereocenters. The van der Waals surface area contributed by atoms with Crippen LogP contribution in [0.15, 0.2) is 6.07 Å². The lowest BCUT2D eigenvalue weighted by molar-refractivity contribution is 0.605. The third-order valence-electron chi connectivity index (χ3n) is 2.04. The first-order chi connectivity index (χ1) is 5.69. The van der Waals surface area contributed by atoms with E-state index in [9.17, 15) is 0 Å². The van der Waals surface area contributed by atoms with Gasteiger partial charge in [0.15, 0.2) is 0 Å². The van der Waals surface area contributed by atoms with Crippen LogP contribution in [-0.2, 0) is 0 Å². The second-order valence-electron chi connectivity index (χ2n) is 2.95. The SMILES string of the molecule is CNC(CN)c1cc(C)sc1C. The van der Waals surface area contributed by atoms with Gasteiger partial charge in [-0.05, 0) is 32.5 Å². The molecule has 0 saturated carbocycles. The van der Waals surface area contributed by atoms with Crippen molar-refractivity contribution in [3.05, 3.63) is 21.4 Å². The smallest absolute Gasteiger partial charge is 0.0453 e. The minimum absolute atomic E-state index is 0.315. The van der Waals surface area contributed by atoms with Crippen molar-refractivity contribution in [1.29, 1.82) is 0 Å². The Hall–Kier alpha value is -0.380. The lowest BCUT2D eigenvalue weighted by atomic mass is 10.1. The van der Waals surface area contributed by atoms with Crippen LogP contribution in [0.4, 0.5) is 0 Å². The zero-order valence-corrected chi connectivity index (χ0v) is 8.66. The van der Waals surface area contributed by atoms with Crippen LogP contribution >= 0.6 is 11.3 Å². The molecule has 1 unspecified atom stereocenters. The zero-order valence-electron chi connectivity index (χ0n) is 7.85. The summed E-state index contributed by atoms with van der Waals surface area (Å²) >= 11 is 1.83. The Bertz CT molecular complexity index is 251. The molecule has 3 heteroatoms. The Kier molecular flexibility index (Phi) is 3.26. The molecule has 3 N–H and O–H groups in total. The normalized spacial score (nSPS) is 13.3. The Morgan fingerprint density at radius 1 is 1.58 bits per heavy atom. The monoisotopic (exact) mass is 184 g/mol. The van der Waals surface area contributed by atoms with Crippen LogP contribution in [0.3, 0.4) is 0 Å². The number of nitrogens with one attached hydrogen (secondary N) is 1. The molecule has 0 aliphatic rings. The second kappa shape index (κ2) is 4.03. The molecule has 2 nitrogen and oxygen atoms in total. The van der Waals surface area contributed by atoms with E-state index in [1.54, 1.807) is 0 Å². The Labute approximate surface area is 77.8 Å². The molecule has 0 spiro atoms. The lowest BCUT2D eigenvalue weighted by Gasteiger charge is -2.12. The average Bonchev–Trinajstić information content (AvgIpc) is 2.34. The molecular formula is C9H16N2S. The van der Waals surface area contributed by atoms with Gasteiger partial charge in [-0.25, -0.2) is 0 Å². The Balaban J connectivity index is 2.91. The predicted octanol–water partition coefficient (Wildman–Crippen LogP) is 1.58. The topological polar surface area (TPSA) is 38.0 Å². The van der Waals surface area contributed by atoms with Crippen molar-refractivity contribution in [3.8, 4) is 0 Å². The van der Waals surface area contributed by atoms with Crippen LogP contribution in [0.5, 0.6) is 0 Å². The summed E-state index contributed by atoms with van der Waals surface area (Å²) in [5.41, 5.74) is 6.99. The van der Waals surface area contributed by atoms with Crippen LogP contribution in [-0.4, -0.2) is 13.6 Å². The molecule has 0 aromatic carbocycles. The molecule has 0 fully saturated rings. The van der Waals surface area contributed by atoms with E-state index in [2.05, 4.69) is 25.2 Å². The van der Waals surface area contributed by atoms with Crippen LogP contribution in [0.1, 0.15) is 21.4 Å². The van der Waals surface area contributed by atoms with Crippen molar-refractivity contribution in [3.63, 3.8) is 0 Å². The summed E-state index contributed by atoms with van der Waals surface area (Å²) < 4.78 is 0. The highest BCUT2D eigenvalue weighted by Crippen LogP contribution is 2.25. The quantitative estimate of drug-likeness (QED) is 0.748. The standard InChI is InChI=1S/C9H16N2S/c1-6-4-8(7(2)12-6)9(5-10)11-3/h4,9,11H,5,10H2,1-3H3. The van der Waals surface area contributed by atoms with Gasteiger partial charge in [-0.2, -0.15) is 0 Å². The number of likely N-dealkylation sites (N-methyl/N-ethyl adjacent to an activating group) is 1. The lowest BCUT2D eigenvalue weighted by Crippen LogP contribution is -2.24. The van der Waals surface area contributed by atoms with E-state index >= 15 is 0 Å². The molecule has 0 bridgehead atoms. The fourth-order valence-electron chi connectivity index (χ4n) is 1.40. The maximum atomic E-state index is 5.64. The Morgan fingerprint density at radius 2 is 2.25 bits per heavy atom. The summed E-state index contributed by atoms with van der Waals surface area (Å²) in [6, 6.07) is 2.53. The minimum Gasteiger partial charge on any atom is -0.329 e. The zero-order chi connectivity index (χ0) is 9.14. The van der Waals surface area contributed by atoms with Gasteiger partial charge < -0.3 is 11.1 Å². The molecule has 1 heterocycles. The predicted molar refractivity (Wildman–Crippen MR) is 54.6 cm³/mol. The van der Waals surface area contributed by atoms with Gasteiger partial charge in [-0.1, -0.05) is 0 Å². The van der Waals surface area contributed by atoms with Crippen molar-refractivity contribution in [1.82, 2.24) is 5.32 Å². The molecule has 0 aliphatic heterocycles. The van der Waals surface area contributed by atoms with Crippen molar-refractivity contribution < 1.29 is 0 Å². The first-order valence-corrected chi connectivity index (χ1v) is 4.95. The van der Waals surface area contributed by atoms with Crippen LogP contribution < -0.4 is 11.1 Å². The summed E-state index contributed by atoms with van der Waals surface area (Å²) in [5, 5.41) is 3.20. The van der Waals surface area contributed by atoms with E-state index in [1.165, 1.54) is 15.3 Å². The van der Waals surface area contributed by atoms with E-state index in [1.807, 2.05) is 18.4 Å². The summed E-state index contributed by atoms with van der Waals surface area (Å²) in [5.74, 6) is 0. The van der Waals surface area contributed by atoms with Gasteiger partial charge in [0.2, 0.25) is 0 Å². The fourth-order valence-corrected chi connectivity index (χ4v) is 2.38. The van der Waals surface area contributed by atoms with Crippen molar-refractivity contribution in [2.75, 3.05) is 13.6 Å². The molecule has 1 aromatic rings. The van der Waals surface area contributed by atoms with E-state index in [4.69, 9.17) is 5.73 Å². The summed E-state index contributed by atoms with van der Waals surface area (Å²) in [7, 11) is 1.95. The molecule has 1 rings (SSSR count).